The Hall–Kier alpha value is -2.16. The number of amides is 2. The van der Waals surface area contributed by atoms with Crippen LogP contribution in [0.3, 0.4) is 0 Å². The lowest BCUT2D eigenvalue weighted by atomic mass is 10.1. The molecular formula is C15H25N3O6. The van der Waals surface area contributed by atoms with Gasteiger partial charge in [0.25, 0.3) is 0 Å². The van der Waals surface area contributed by atoms with Gasteiger partial charge in [-0.05, 0) is 20.8 Å². The molecule has 1 aliphatic rings. The fourth-order valence-electron chi connectivity index (χ4n) is 2.37. The summed E-state index contributed by atoms with van der Waals surface area (Å²) in [5.41, 5.74) is 4.67. The average Bonchev–Trinajstić information content (AvgIpc) is 2.48. The highest BCUT2D eigenvalue weighted by Gasteiger charge is 2.39. The first-order valence-corrected chi connectivity index (χ1v) is 7.66. The predicted molar refractivity (Wildman–Crippen MR) is 83.6 cm³/mol. The first kappa shape index (κ1) is 19.9. The maximum atomic E-state index is 12.6. The van der Waals surface area contributed by atoms with E-state index in [0.29, 0.717) is 0 Å². The summed E-state index contributed by atoms with van der Waals surface area (Å²) in [4.78, 5) is 50.5. The molecule has 1 aliphatic heterocycles. The summed E-state index contributed by atoms with van der Waals surface area (Å²) in [6, 6.07) is -1.03. The van der Waals surface area contributed by atoms with Crippen molar-refractivity contribution >= 4 is 23.8 Å². The Morgan fingerprint density at radius 1 is 1.21 bits per heavy atom. The molecule has 0 spiro atoms. The van der Waals surface area contributed by atoms with Crippen LogP contribution in [0.2, 0.25) is 0 Å². The van der Waals surface area contributed by atoms with Crippen LogP contribution in [0.5, 0.6) is 0 Å². The Morgan fingerprint density at radius 2 is 1.83 bits per heavy atom. The molecule has 0 bridgehead atoms. The van der Waals surface area contributed by atoms with Crippen molar-refractivity contribution in [1.29, 1.82) is 0 Å². The van der Waals surface area contributed by atoms with E-state index in [-0.39, 0.29) is 32.6 Å². The van der Waals surface area contributed by atoms with Crippen LogP contribution < -0.4 is 5.73 Å². The molecule has 0 radical (unpaired) electrons. The Kier molecular flexibility index (Phi) is 6.70. The van der Waals surface area contributed by atoms with E-state index >= 15 is 0 Å². The van der Waals surface area contributed by atoms with E-state index in [4.69, 9.17) is 10.5 Å². The fraction of sp³-hybridized carbons (Fsp3) is 0.733. The van der Waals surface area contributed by atoms with Gasteiger partial charge in [-0.25, -0.2) is 0 Å². The molecule has 1 heterocycles. The number of ether oxygens (including phenoxy) is 2. The minimum absolute atomic E-state index is 0.171. The summed E-state index contributed by atoms with van der Waals surface area (Å²) in [6.45, 7) is 4.98. The number of carbonyl (C=O) groups excluding carboxylic acids is 4. The van der Waals surface area contributed by atoms with E-state index in [2.05, 4.69) is 4.74 Å². The number of esters is 2. The minimum Gasteiger partial charge on any atom is -0.468 e. The zero-order chi connectivity index (χ0) is 18.5. The Morgan fingerprint density at radius 3 is 2.33 bits per heavy atom. The summed E-state index contributed by atoms with van der Waals surface area (Å²) in [6.07, 6.45) is -0.292. The maximum Gasteiger partial charge on any atom is 0.325 e. The van der Waals surface area contributed by atoms with Gasteiger partial charge in [0, 0.05) is 13.1 Å². The van der Waals surface area contributed by atoms with Gasteiger partial charge in [0.05, 0.1) is 20.1 Å². The van der Waals surface area contributed by atoms with E-state index in [0.717, 1.165) is 0 Å². The van der Waals surface area contributed by atoms with Crippen LogP contribution in [-0.4, -0.2) is 78.5 Å². The van der Waals surface area contributed by atoms with Crippen molar-refractivity contribution in [2.24, 2.45) is 5.73 Å². The van der Waals surface area contributed by atoms with E-state index < -0.39 is 35.4 Å². The van der Waals surface area contributed by atoms with Crippen molar-refractivity contribution in [1.82, 2.24) is 9.80 Å². The molecule has 2 N–H and O–H groups in total. The second kappa shape index (κ2) is 8.09. The van der Waals surface area contributed by atoms with Crippen molar-refractivity contribution in [3.63, 3.8) is 0 Å². The Labute approximate surface area is 141 Å². The molecule has 0 unspecified atom stereocenters. The molecule has 2 amide bonds. The van der Waals surface area contributed by atoms with Crippen LogP contribution in [0.4, 0.5) is 0 Å². The Balaban J connectivity index is 2.91. The highest BCUT2D eigenvalue weighted by atomic mass is 16.6. The summed E-state index contributed by atoms with van der Waals surface area (Å²) >= 11 is 0. The standard InChI is InChI=1S/C15H25N3O6/c1-15(2,3)24-12(20)7-10-14(22)17(9-13(21)23-4)5-6-18(10)11(19)8-16/h10H,5-9,16H2,1-4H3/t10-/m0/s1. The van der Waals surface area contributed by atoms with Crippen molar-refractivity contribution < 1.29 is 28.7 Å². The summed E-state index contributed by atoms with van der Waals surface area (Å²) in [5, 5.41) is 0. The molecule has 24 heavy (non-hydrogen) atoms. The molecule has 1 atom stereocenters. The molecule has 0 aromatic rings. The monoisotopic (exact) mass is 343 g/mol. The second-order valence-corrected chi connectivity index (χ2v) is 6.43. The highest BCUT2D eigenvalue weighted by Crippen LogP contribution is 2.18. The molecule has 0 aromatic carbocycles. The van der Waals surface area contributed by atoms with Crippen LogP contribution >= 0.6 is 0 Å². The molecule has 9 heteroatoms. The normalized spacial score (nSPS) is 18.4. The topological polar surface area (TPSA) is 119 Å². The molecule has 0 aromatic heterocycles. The van der Waals surface area contributed by atoms with Crippen LogP contribution in [-0.2, 0) is 28.7 Å². The van der Waals surface area contributed by atoms with Gasteiger partial charge in [0.2, 0.25) is 11.8 Å². The number of carbonyl (C=O) groups is 4. The smallest absolute Gasteiger partial charge is 0.325 e. The lowest BCUT2D eigenvalue weighted by molar-refractivity contribution is -0.163. The van der Waals surface area contributed by atoms with Crippen LogP contribution in [0.25, 0.3) is 0 Å². The Bertz CT molecular complexity index is 514. The molecule has 1 saturated heterocycles. The van der Waals surface area contributed by atoms with Crippen LogP contribution in [0.1, 0.15) is 27.2 Å². The number of hydrogen-bond donors (Lipinski definition) is 1. The minimum atomic E-state index is -1.03. The van der Waals surface area contributed by atoms with E-state index in [9.17, 15) is 19.2 Å². The van der Waals surface area contributed by atoms with Crippen LogP contribution in [0, 0.1) is 0 Å². The van der Waals surface area contributed by atoms with Crippen molar-refractivity contribution in [3.05, 3.63) is 0 Å². The van der Waals surface area contributed by atoms with Crippen LogP contribution in [0.15, 0.2) is 0 Å². The molecule has 136 valence electrons. The van der Waals surface area contributed by atoms with Gasteiger partial charge in [-0.3, -0.25) is 19.2 Å². The van der Waals surface area contributed by atoms with Gasteiger partial charge in [-0.2, -0.15) is 0 Å². The van der Waals surface area contributed by atoms with E-state index in [1.54, 1.807) is 20.8 Å². The van der Waals surface area contributed by atoms with Gasteiger partial charge in [-0.15, -0.1) is 0 Å². The third-order valence-electron chi connectivity index (χ3n) is 3.41. The number of nitrogens with two attached hydrogens (primary N) is 1. The predicted octanol–water partition coefficient (Wildman–Crippen LogP) is -1.11. The molecule has 1 fully saturated rings. The second-order valence-electron chi connectivity index (χ2n) is 6.43. The first-order valence-electron chi connectivity index (χ1n) is 7.66. The number of piperazine rings is 1. The highest BCUT2D eigenvalue weighted by molar-refractivity contribution is 5.93. The largest absolute Gasteiger partial charge is 0.468 e. The quantitative estimate of drug-likeness (QED) is 0.629. The van der Waals surface area contributed by atoms with Gasteiger partial charge in [-0.1, -0.05) is 0 Å². The molecule has 1 rings (SSSR count). The third-order valence-corrected chi connectivity index (χ3v) is 3.41. The third kappa shape index (κ3) is 5.48. The van der Waals surface area contributed by atoms with Crippen molar-refractivity contribution in [3.8, 4) is 0 Å². The number of nitrogens with zero attached hydrogens (tertiary/aromatic N) is 2. The van der Waals surface area contributed by atoms with Crippen molar-refractivity contribution in [2.75, 3.05) is 33.3 Å². The van der Waals surface area contributed by atoms with Gasteiger partial charge < -0.3 is 25.0 Å². The lowest BCUT2D eigenvalue weighted by Gasteiger charge is -2.40. The summed E-state index contributed by atoms with van der Waals surface area (Å²) in [5.74, 6) is -2.11. The molecular weight excluding hydrogens is 318 g/mol. The average molecular weight is 343 g/mol. The van der Waals surface area contributed by atoms with E-state index in [1.807, 2.05) is 0 Å². The van der Waals surface area contributed by atoms with E-state index in [1.165, 1.54) is 16.9 Å². The van der Waals surface area contributed by atoms with Crippen molar-refractivity contribution in [2.45, 2.75) is 38.8 Å². The zero-order valence-corrected chi connectivity index (χ0v) is 14.5. The molecule has 9 nitrogen and oxygen atoms in total. The first-order chi connectivity index (χ1) is 11.1. The van der Waals surface area contributed by atoms with Gasteiger partial charge in [0.1, 0.15) is 18.2 Å². The fourth-order valence-corrected chi connectivity index (χ4v) is 2.37. The molecule has 0 aliphatic carbocycles. The SMILES string of the molecule is COC(=O)CN1CCN(C(=O)CN)[C@@H](CC(=O)OC(C)(C)C)C1=O. The summed E-state index contributed by atoms with van der Waals surface area (Å²) < 4.78 is 9.77. The summed E-state index contributed by atoms with van der Waals surface area (Å²) in [7, 11) is 1.22. The number of rotatable bonds is 5. The number of hydrogen-bond acceptors (Lipinski definition) is 7. The maximum absolute atomic E-state index is 12.6. The molecule has 0 saturated carbocycles. The number of methoxy groups -OCH3 is 1. The zero-order valence-electron chi connectivity index (χ0n) is 14.5. The lowest BCUT2D eigenvalue weighted by Crippen LogP contribution is -2.61. The van der Waals surface area contributed by atoms with Gasteiger partial charge in [0.15, 0.2) is 0 Å². The van der Waals surface area contributed by atoms with Gasteiger partial charge >= 0.3 is 11.9 Å².